The van der Waals surface area contributed by atoms with Gasteiger partial charge in [0.05, 0.1) is 16.5 Å². The molecule has 1 aliphatic carbocycles. The second kappa shape index (κ2) is 7.41. The molecule has 0 spiro atoms. The summed E-state index contributed by atoms with van der Waals surface area (Å²) < 4.78 is 0. The Hall–Kier alpha value is -3.47. The maximum Gasteiger partial charge on any atom is 0.271 e. The average Bonchev–Trinajstić information content (AvgIpc) is 3.47. The number of amides is 1. The number of hydrogen-bond acceptors (Lipinski definition) is 3. The lowest BCUT2D eigenvalue weighted by Gasteiger charge is -2.20. The van der Waals surface area contributed by atoms with E-state index in [-0.39, 0.29) is 22.9 Å². The minimum atomic E-state index is -0.449. The van der Waals surface area contributed by atoms with E-state index in [1.165, 1.54) is 23.3 Å². The van der Waals surface area contributed by atoms with Crippen molar-refractivity contribution >= 4 is 17.3 Å². The molecule has 1 saturated carbocycles. The highest BCUT2D eigenvalue weighted by Gasteiger charge is 2.60. The van der Waals surface area contributed by atoms with Crippen LogP contribution in [0.5, 0.6) is 0 Å². The van der Waals surface area contributed by atoms with Crippen LogP contribution in [0.2, 0.25) is 0 Å². The van der Waals surface area contributed by atoms with Gasteiger partial charge in [-0.15, -0.1) is 0 Å². The lowest BCUT2D eigenvalue weighted by molar-refractivity contribution is -0.384. The van der Waals surface area contributed by atoms with Crippen molar-refractivity contribution in [3.63, 3.8) is 0 Å². The quantitative estimate of drug-likeness (QED) is 0.456. The fraction of sp³-hybridized carbons (Fsp3) is 0.240. The van der Waals surface area contributed by atoms with E-state index in [1.807, 2.05) is 20.8 Å². The smallest absolute Gasteiger partial charge is 0.271 e. The van der Waals surface area contributed by atoms with E-state index in [9.17, 15) is 14.9 Å². The molecule has 4 rings (SSSR count). The van der Waals surface area contributed by atoms with Crippen molar-refractivity contribution in [3.8, 4) is 0 Å². The van der Waals surface area contributed by atoms with E-state index in [4.69, 9.17) is 0 Å². The van der Waals surface area contributed by atoms with Crippen molar-refractivity contribution in [2.75, 3.05) is 5.32 Å². The van der Waals surface area contributed by atoms with Crippen LogP contribution in [0.1, 0.15) is 34.2 Å². The predicted molar refractivity (Wildman–Crippen MR) is 118 cm³/mol. The van der Waals surface area contributed by atoms with Gasteiger partial charge in [-0.2, -0.15) is 0 Å². The van der Waals surface area contributed by atoms with Crippen LogP contribution in [-0.2, 0) is 10.2 Å². The Kier molecular flexibility index (Phi) is 4.90. The van der Waals surface area contributed by atoms with Gasteiger partial charge in [-0.25, -0.2) is 0 Å². The summed E-state index contributed by atoms with van der Waals surface area (Å²) in [5, 5.41) is 14.1. The Morgan fingerprint density at radius 2 is 1.47 bits per heavy atom. The Labute approximate surface area is 175 Å². The first kappa shape index (κ1) is 19.8. The molecule has 0 heterocycles. The van der Waals surface area contributed by atoms with Gasteiger partial charge < -0.3 is 5.32 Å². The van der Waals surface area contributed by atoms with Crippen LogP contribution in [0.3, 0.4) is 0 Å². The number of nitro groups is 1. The van der Waals surface area contributed by atoms with Crippen molar-refractivity contribution in [1.29, 1.82) is 0 Å². The SMILES string of the molecule is Cc1ccc(C2(c3ccc(C)cc3)C[C@@H]2C(=O)Nc2cc([N+](=O)[O-])ccc2C)cc1. The molecule has 3 aromatic rings. The molecule has 0 unspecified atom stereocenters. The van der Waals surface area contributed by atoms with Gasteiger partial charge in [0.15, 0.2) is 0 Å². The summed E-state index contributed by atoms with van der Waals surface area (Å²) in [6.07, 6.45) is 0.707. The summed E-state index contributed by atoms with van der Waals surface area (Å²) in [5.41, 5.74) is 5.46. The molecule has 0 aliphatic heterocycles. The first-order valence-electron chi connectivity index (χ1n) is 10.0. The molecule has 0 bridgehead atoms. The molecule has 0 radical (unpaired) electrons. The maximum absolute atomic E-state index is 13.2. The molecular weight excluding hydrogens is 376 g/mol. The first-order chi connectivity index (χ1) is 14.3. The van der Waals surface area contributed by atoms with Crippen LogP contribution in [-0.4, -0.2) is 10.8 Å². The van der Waals surface area contributed by atoms with E-state index >= 15 is 0 Å². The molecule has 152 valence electrons. The molecule has 1 fully saturated rings. The Morgan fingerprint density at radius 1 is 0.933 bits per heavy atom. The summed E-state index contributed by atoms with van der Waals surface area (Å²) >= 11 is 0. The summed E-state index contributed by atoms with van der Waals surface area (Å²) in [7, 11) is 0. The largest absolute Gasteiger partial charge is 0.325 e. The van der Waals surface area contributed by atoms with E-state index in [0.717, 1.165) is 16.7 Å². The van der Waals surface area contributed by atoms with Gasteiger partial charge in [-0.3, -0.25) is 14.9 Å². The monoisotopic (exact) mass is 400 g/mol. The minimum absolute atomic E-state index is 0.0324. The van der Waals surface area contributed by atoms with Gasteiger partial charge in [0, 0.05) is 17.5 Å². The second-order valence-corrected chi connectivity index (χ2v) is 8.21. The minimum Gasteiger partial charge on any atom is -0.325 e. The van der Waals surface area contributed by atoms with Crippen LogP contribution in [0, 0.1) is 36.8 Å². The molecular formula is C25H24N2O3. The Bertz CT molecular complexity index is 1070. The molecule has 5 nitrogen and oxygen atoms in total. The molecule has 1 N–H and O–H groups in total. The fourth-order valence-corrected chi connectivity index (χ4v) is 4.16. The number of carbonyl (C=O) groups excluding carboxylic acids is 1. The highest BCUT2D eigenvalue weighted by atomic mass is 16.6. The summed E-state index contributed by atoms with van der Waals surface area (Å²) in [5.74, 6) is -0.346. The highest BCUT2D eigenvalue weighted by molar-refractivity contribution is 5.97. The number of carbonyl (C=O) groups is 1. The molecule has 5 heteroatoms. The number of nitrogens with zero attached hydrogens (tertiary/aromatic N) is 1. The Balaban J connectivity index is 1.68. The van der Waals surface area contributed by atoms with E-state index in [0.29, 0.717) is 12.1 Å². The van der Waals surface area contributed by atoms with Crippen LogP contribution in [0.4, 0.5) is 11.4 Å². The number of rotatable bonds is 5. The molecule has 0 aromatic heterocycles. The number of aryl methyl sites for hydroxylation is 3. The fourth-order valence-electron chi connectivity index (χ4n) is 4.16. The molecule has 3 aromatic carbocycles. The summed E-state index contributed by atoms with van der Waals surface area (Å²) in [6, 6.07) is 21.2. The second-order valence-electron chi connectivity index (χ2n) is 8.21. The third kappa shape index (κ3) is 3.47. The number of non-ortho nitro benzene ring substituents is 1. The normalized spacial score (nSPS) is 16.7. The van der Waals surface area contributed by atoms with Gasteiger partial charge in [0.25, 0.3) is 5.69 Å². The Morgan fingerprint density at radius 3 is 1.97 bits per heavy atom. The predicted octanol–water partition coefficient (Wildman–Crippen LogP) is 5.46. The topological polar surface area (TPSA) is 72.2 Å². The van der Waals surface area contributed by atoms with Crippen LogP contribution in [0.15, 0.2) is 66.7 Å². The van der Waals surface area contributed by atoms with Gasteiger partial charge >= 0.3 is 0 Å². The van der Waals surface area contributed by atoms with Crippen LogP contribution >= 0.6 is 0 Å². The molecule has 1 amide bonds. The number of nitro benzene ring substituents is 1. The van der Waals surface area contributed by atoms with E-state index in [1.54, 1.807) is 6.07 Å². The van der Waals surface area contributed by atoms with Crippen LogP contribution in [0.25, 0.3) is 0 Å². The summed E-state index contributed by atoms with van der Waals surface area (Å²) in [4.78, 5) is 23.9. The molecule has 30 heavy (non-hydrogen) atoms. The zero-order chi connectivity index (χ0) is 21.5. The molecule has 0 saturated heterocycles. The van der Waals surface area contributed by atoms with Crippen molar-refractivity contribution < 1.29 is 9.72 Å². The van der Waals surface area contributed by atoms with Gasteiger partial charge in [-0.1, -0.05) is 65.7 Å². The third-order valence-electron chi connectivity index (χ3n) is 6.10. The van der Waals surface area contributed by atoms with Gasteiger partial charge in [-0.05, 0) is 43.9 Å². The van der Waals surface area contributed by atoms with Gasteiger partial charge in [0.1, 0.15) is 0 Å². The van der Waals surface area contributed by atoms with E-state index in [2.05, 4.69) is 53.8 Å². The first-order valence-corrected chi connectivity index (χ1v) is 10.0. The van der Waals surface area contributed by atoms with Crippen LogP contribution < -0.4 is 5.32 Å². The van der Waals surface area contributed by atoms with Crippen molar-refractivity contribution in [2.24, 2.45) is 5.92 Å². The number of benzene rings is 3. The lowest BCUT2D eigenvalue weighted by atomic mass is 9.85. The average molecular weight is 400 g/mol. The van der Waals surface area contributed by atoms with Crippen molar-refractivity contribution in [2.45, 2.75) is 32.6 Å². The van der Waals surface area contributed by atoms with Crippen molar-refractivity contribution in [3.05, 3.63) is 105 Å². The number of nitrogens with one attached hydrogen (secondary N) is 1. The maximum atomic E-state index is 13.2. The summed E-state index contributed by atoms with van der Waals surface area (Å²) in [6.45, 7) is 5.93. The molecule has 1 atom stereocenters. The zero-order valence-electron chi connectivity index (χ0n) is 17.3. The zero-order valence-corrected chi connectivity index (χ0v) is 17.3. The van der Waals surface area contributed by atoms with Gasteiger partial charge in [0.2, 0.25) is 5.91 Å². The van der Waals surface area contributed by atoms with E-state index < -0.39 is 4.92 Å². The standard InChI is InChI=1S/C25H24N2O3/c1-16-4-9-19(10-5-16)25(20-11-6-17(2)7-12-20)15-22(25)24(28)26-23-14-21(27(29)30)13-8-18(23)3/h4-14,22H,15H2,1-3H3,(H,26,28)/t22-/m1/s1. The van der Waals surface area contributed by atoms with Crippen molar-refractivity contribution in [1.82, 2.24) is 0 Å². The molecule has 1 aliphatic rings. The highest BCUT2D eigenvalue weighted by Crippen LogP contribution is 2.59. The number of hydrogen-bond donors (Lipinski definition) is 1. The lowest BCUT2D eigenvalue weighted by Crippen LogP contribution is -2.22. The number of anilines is 1. The third-order valence-corrected chi connectivity index (χ3v) is 6.10.